The van der Waals surface area contributed by atoms with E-state index < -0.39 is 18.2 Å². The maximum absolute atomic E-state index is 11.0. The van der Waals surface area contributed by atoms with Gasteiger partial charge in [-0.25, -0.2) is 4.79 Å². The Hall–Kier alpha value is -1.65. The van der Waals surface area contributed by atoms with Gasteiger partial charge in [-0.05, 0) is 13.0 Å². The standard InChI is InChI=1S/C12H14O4/c1-3-11(14)16-10-7-5-4-6-9(10)12(15)8(2)13/h3-8,12-13,15H,1H2,2H3. The number of esters is 1. The molecule has 1 aromatic rings. The third kappa shape index (κ3) is 2.92. The van der Waals surface area contributed by atoms with Crippen molar-refractivity contribution in [2.24, 2.45) is 0 Å². The highest BCUT2D eigenvalue weighted by molar-refractivity contribution is 5.83. The van der Waals surface area contributed by atoms with Gasteiger partial charge in [-0.15, -0.1) is 0 Å². The van der Waals surface area contributed by atoms with E-state index in [1.54, 1.807) is 24.3 Å². The van der Waals surface area contributed by atoms with Crippen molar-refractivity contribution in [2.45, 2.75) is 19.1 Å². The molecule has 0 fully saturated rings. The fraction of sp³-hybridized carbons (Fsp3) is 0.250. The van der Waals surface area contributed by atoms with Crippen molar-refractivity contribution in [2.75, 3.05) is 0 Å². The normalized spacial score (nSPS) is 13.9. The van der Waals surface area contributed by atoms with E-state index in [0.29, 0.717) is 5.56 Å². The van der Waals surface area contributed by atoms with Gasteiger partial charge in [0.05, 0.1) is 6.10 Å². The van der Waals surface area contributed by atoms with Crippen LogP contribution in [0.15, 0.2) is 36.9 Å². The minimum absolute atomic E-state index is 0.223. The first kappa shape index (κ1) is 12.4. The van der Waals surface area contributed by atoms with Crippen molar-refractivity contribution >= 4 is 5.97 Å². The molecular formula is C12H14O4. The van der Waals surface area contributed by atoms with E-state index in [0.717, 1.165) is 6.08 Å². The van der Waals surface area contributed by atoms with Gasteiger partial charge in [0.25, 0.3) is 0 Å². The van der Waals surface area contributed by atoms with Gasteiger partial charge in [0.15, 0.2) is 0 Å². The van der Waals surface area contributed by atoms with Gasteiger partial charge >= 0.3 is 5.97 Å². The summed E-state index contributed by atoms with van der Waals surface area (Å²) in [6.45, 7) is 4.74. The number of aliphatic hydroxyl groups excluding tert-OH is 2. The summed E-state index contributed by atoms with van der Waals surface area (Å²) >= 11 is 0. The van der Waals surface area contributed by atoms with Crippen LogP contribution in [0.25, 0.3) is 0 Å². The molecule has 0 aliphatic carbocycles. The molecule has 86 valence electrons. The lowest BCUT2D eigenvalue weighted by Gasteiger charge is -2.16. The Balaban J connectivity index is 3.00. The molecule has 0 heterocycles. The second-order valence-corrected chi connectivity index (χ2v) is 3.35. The van der Waals surface area contributed by atoms with Gasteiger partial charge in [0.2, 0.25) is 0 Å². The molecule has 0 aromatic heterocycles. The van der Waals surface area contributed by atoms with Crippen molar-refractivity contribution in [3.63, 3.8) is 0 Å². The molecule has 4 nitrogen and oxygen atoms in total. The number of carbonyl (C=O) groups excluding carboxylic acids is 1. The number of hydrogen-bond donors (Lipinski definition) is 2. The summed E-state index contributed by atoms with van der Waals surface area (Å²) < 4.78 is 4.94. The van der Waals surface area contributed by atoms with Crippen LogP contribution in [-0.4, -0.2) is 22.3 Å². The van der Waals surface area contributed by atoms with E-state index in [-0.39, 0.29) is 5.75 Å². The van der Waals surface area contributed by atoms with Crippen molar-refractivity contribution in [1.82, 2.24) is 0 Å². The quantitative estimate of drug-likeness (QED) is 0.456. The first-order valence-electron chi connectivity index (χ1n) is 4.85. The van der Waals surface area contributed by atoms with E-state index in [2.05, 4.69) is 6.58 Å². The van der Waals surface area contributed by atoms with Crippen LogP contribution >= 0.6 is 0 Å². The Morgan fingerprint density at radius 3 is 2.62 bits per heavy atom. The van der Waals surface area contributed by atoms with Gasteiger partial charge in [-0.1, -0.05) is 24.8 Å². The maximum atomic E-state index is 11.0. The van der Waals surface area contributed by atoms with Crippen LogP contribution in [0.3, 0.4) is 0 Å². The fourth-order valence-electron chi connectivity index (χ4n) is 1.23. The van der Waals surface area contributed by atoms with E-state index in [9.17, 15) is 15.0 Å². The minimum atomic E-state index is -1.09. The zero-order valence-corrected chi connectivity index (χ0v) is 8.96. The number of aliphatic hydroxyl groups is 2. The van der Waals surface area contributed by atoms with Crippen LogP contribution in [0.2, 0.25) is 0 Å². The SMILES string of the molecule is C=CC(=O)Oc1ccccc1C(O)C(C)O. The predicted octanol–water partition coefficient (Wildman–Crippen LogP) is 1.19. The average Bonchev–Trinajstić information content (AvgIpc) is 2.28. The summed E-state index contributed by atoms with van der Waals surface area (Å²) in [4.78, 5) is 11.0. The summed E-state index contributed by atoms with van der Waals surface area (Å²) in [7, 11) is 0. The molecule has 1 rings (SSSR count). The van der Waals surface area contributed by atoms with E-state index in [4.69, 9.17) is 4.74 Å². The fourth-order valence-corrected chi connectivity index (χ4v) is 1.23. The smallest absolute Gasteiger partial charge is 0.335 e. The number of hydrogen-bond acceptors (Lipinski definition) is 4. The molecule has 0 bridgehead atoms. The summed E-state index contributed by atoms with van der Waals surface area (Å²) in [6, 6.07) is 6.49. The zero-order chi connectivity index (χ0) is 12.1. The summed E-state index contributed by atoms with van der Waals surface area (Å²) in [5.41, 5.74) is 0.368. The van der Waals surface area contributed by atoms with Crippen LogP contribution in [0.1, 0.15) is 18.6 Å². The van der Waals surface area contributed by atoms with Gasteiger partial charge in [0.1, 0.15) is 11.9 Å². The Bertz CT molecular complexity index is 384. The van der Waals surface area contributed by atoms with Crippen LogP contribution in [0.4, 0.5) is 0 Å². The van der Waals surface area contributed by atoms with Crippen LogP contribution in [0.5, 0.6) is 5.75 Å². The second-order valence-electron chi connectivity index (χ2n) is 3.35. The lowest BCUT2D eigenvalue weighted by Crippen LogP contribution is -2.16. The lowest BCUT2D eigenvalue weighted by atomic mass is 10.0. The van der Waals surface area contributed by atoms with Crippen molar-refractivity contribution < 1.29 is 19.7 Å². The monoisotopic (exact) mass is 222 g/mol. The minimum Gasteiger partial charge on any atom is -0.423 e. The molecule has 0 amide bonds. The number of benzene rings is 1. The van der Waals surface area contributed by atoms with Gasteiger partial charge in [-0.2, -0.15) is 0 Å². The van der Waals surface area contributed by atoms with Crippen LogP contribution < -0.4 is 4.74 Å². The number of para-hydroxylation sites is 1. The molecule has 0 saturated carbocycles. The van der Waals surface area contributed by atoms with Gasteiger partial charge < -0.3 is 14.9 Å². The molecule has 0 radical (unpaired) electrons. The molecule has 0 saturated heterocycles. The van der Waals surface area contributed by atoms with Crippen molar-refractivity contribution in [3.8, 4) is 5.75 Å². The maximum Gasteiger partial charge on any atom is 0.335 e. The zero-order valence-electron chi connectivity index (χ0n) is 8.96. The third-order valence-corrected chi connectivity index (χ3v) is 2.07. The first-order valence-corrected chi connectivity index (χ1v) is 4.85. The Morgan fingerprint density at radius 2 is 2.06 bits per heavy atom. The van der Waals surface area contributed by atoms with Crippen LogP contribution in [0, 0.1) is 0 Å². The van der Waals surface area contributed by atoms with Gasteiger partial charge in [0, 0.05) is 11.6 Å². The molecule has 4 heteroatoms. The summed E-state index contributed by atoms with van der Waals surface area (Å²) in [5.74, 6) is -0.383. The number of ether oxygens (including phenoxy) is 1. The Morgan fingerprint density at radius 1 is 1.44 bits per heavy atom. The van der Waals surface area contributed by atoms with E-state index in [1.165, 1.54) is 6.92 Å². The second kappa shape index (κ2) is 5.44. The first-order chi connectivity index (χ1) is 7.56. The van der Waals surface area contributed by atoms with Gasteiger partial charge in [-0.3, -0.25) is 0 Å². The average molecular weight is 222 g/mol. The van der Waals surface area contributed by atoms with Crippen LogP contribution in [-0.2, 0) is 4.79 Å². The Labute approximate surface area is 93.8 Å². The molecule has 0 aliphatic rings. The molecular weight excluding hydrogens is 208 g/mol. The molecule has 16 heavy (non-hydrogen) atoms. The predicted molar refractivity (Wildman–Crippen MR) is 58.9 cm³/mol. The van der Waals surface area contributed by atoms with Crippen molar-refractivity contribution in [1.29, 1.82) is 0 Å². The highest BCUT2D eigenvalue weighted by Crippen LogP contribution is 2.27. The summed E-state index contributed by atoms with van der Waals surface area (Å²) in [6.07, 6.45) is -0.997. The molecule has 0 aliphatic heterocycles. The van der Waals surface area contributed by atoms with E-state index >= 15 is 0 Å². The van der Waals surface area contributed by atoms with Crippen molar-refractivity contribution in [3.05, 3.63) is 42.5 Å². The van der Waals surface area contributed by atoms with E-state index in [1.807, 2.05) is 0 Å². The molecule has 2 N–H and O–H groups in total. The lowest BCUT2D eigenvalue weighted by molar-refractivity contribution is -0.129. The number of rotatable bonds is 4. The summed E-state index contributed by atoms with van der Waals surface area (Å²) in [5, 5.41) is 19.0. The third-order valence-electron chi connectivity index (χ3n) is 2.07. The molecule has 1 aromatic carbocycles. The largest absolute Gasteiger partial charge is 0.423 e. The highest BCUT2D eigenvalue weighted by atomic mass is 16.5. The molecule has 2 atom stereocenters. The molecule has 2 unspecified atom stereocenters. The molecule has 0 spiro atoms. The topological polar surface area (TPSA) is 66.8 Å². The number of carbonyl (C=O) groups is 1. The highest BCUT2D eigenvalue weighted by Gasteiger charge is 2.18. The Kier molecular flexibility index (Phi) is 4.22.